The fraction of sp³-hybridized carbons (Fsp3) is 0.455. The number of cyclic esters (lactones) is 1. The summed E-state index contributed by atoms with van der Waals surface area (Å²) in [4.78, 5) is 37.3. The van der Waals surface area contributed by atoms with Crippen LogP contribution in [0.25, 0.3) is 11.3 Å². The van der Waals surface area contributed by atoms with Crippen LogP contribution in [-0.4, -0.2) is 59.2 Å². The second kappa shape index (κ2) is 9.47. The normalized spacial score (nSPS) is 17.8. The molecule has 2 aliphatic rings. The summed E-state index contributed by atoms with van der Waals surface area (Å²) in [5, 5.41) is 5.97. The largest absolute Gasteiger partial charge is 0.442 e. The van der Waals surface area contributed by atoms with E-state index in [1.54, 1.807) is 12.1 Å². The minimum absolute atomic E-state index is 0.0306. The van der Waals surface area contributed by atoms with Gasteiger partial charge in [-0.1, -0.05) is 6.07 Å². The lowest BCUT2D eigenvalue weighted by atomic mass is 10.0. The van der Waals surface area contributed by atoms with E-state index < -0.39 is 49.2 Å². The number of ether oxygens (including phenoxy) is 1. The van der Waals surface area contributed by atoms with Gasteiger partial charge in [-0.15, -0.1) is 0 Å². The SMILES string of the molecule is O=C(CC(F)(F)F)NCC1CN(c2ccc3c(c2)CCCc2cnn(C(=O)CC(F)(F)F)c2-3)C(=O)O1. The van der Waals surface area contributed by atoms with Crippen molar-refractivity contribution in [3.63, 3.8) is 0 Å². The summed E-state index contributed by atoms with van der Waals surface area (Å²) in [5.41, 5.74) is 2.51. The van der Waals surface area contributed by atoms with Gasteiger partial charge in [0, 0.05) is 11.3 Å². The Balaban J connectivity index is 1.52. The average molecular weight is 518 g/mol. The first-order valence-corrected chi connectivity index (χ1v) is 10.9. The van der Waals surface area contributed by atoms with Crippen molar-refractivity contribution in [3.8, 4) is 11.3 Å². The van der Waals surface area contributed by atoms with Gasteiger partial charge in [-0.25, -0.2) is 4.79 Å². The number of benzene rings is 1. The summed E-state index contributed by atoms with van der Waals surface area (Å²) in [6.07, 6.45) is -11.3. The van der Waals surface area contributed by atoms with E-state index >= 15 is 0 Å². The van der Waals surface area contributed by atoms with Crippen molar-refractivity contribution >= 4 is 23.6 Å². The van der Waals surface area contributed by atoms with Gasteiger partial charge in [0.25, 0.3) is 5.91 Å². The Morgan fingerprint density at radius 3 is 2.44 bits per heavy atom. The standard InChI is InChI=1S/C22H20F6N4O4/c23-21(24,25)7-17(33)29-10-15-11-31(20(35)36-15)14-4-5-16-12(6-14)2-1-3-13-9-30-32(19(13)16)18(34)8-22(26,27)28/h4-6,9,15H,1-3,7-8,10-11H2,(H,29,33). The highest BCUT2D eigenvalue weighted by Crippen LogP contribution is 2.36. The average Bonchev–Trinajstić information content (AvgIpc) is 3.28. The maximum absolute atomic E-state index is 12.8. The monoisotopic (exact) mass is 518 g/mol. The number of aromatic nitrogens is 2. The number of aryl methyl sites for hydroxylation is 2. The Morgan fingerprint density at radius 1 is 1.06 bits per heavy atom. The van der Waals surface area contributed by atoms with E-state index in [0.29, 0.717) is 41.6 Å². The Morgan fingerprint density at radius 2 is 1.75 bits per heavy atom. The topological polar surface area (TPSA) is 93.5 Å². The molecule has 2 heterocycles. The van der Waals surface area contributed by atoms with Crippen LogP contribution in [0, 0.1) is 0 Å². The maximum Gasteiger partial charge on any atom is 0.414 e. The van der Waals surface area contributed by atoms with Crippen molar-refractivity contribution in [1.82, 2.24) is 15.1 Å². The summed E-state index contributed by atoms with van der Waals surface area (Å²) in [6.45, 7) is -0.330. The first-order valence-electron chi connectivity index (χ1n) is 10.9. The summed E-state index contributed by atoms with van der Waals surface area (Å²) >= 11 is 0. The number of fused-ring (bicyclic) bond motifs is 3. The zero-order chi connectivity index (χ0) is 26.3. The lowest BCUT2D eigenvalue weighted by molar-refractivity contribution is -0.154. The van der Waals surface area contributed by atoms with Gasteiger partial charge < -0.3 is 10.1 Å². The van der Waals surface area contributed by atoms with Crippen molar-refractivity contribution in [2.45, 2.75) is 50.6 Å². The third-order valence-electron chi connectivity index (χ3n) is 5.74. The molecule has 1 unspecified atom stereocenters. The molecular formula is C22H20F6N4O4. The lowest BCUT2D eigenvalue weighted by Crippen LogP contribution is -2.36. The molecule has 2 amide bonds. The van der Waals surface area contributed by atoms with Gasteiger partial charge in [0.2, 0.25) is 5.91 Å². The summed E-state index contributed by atoms with van der Waals surface area (Å²) in [7, 11) is 0. The lowest BCUT2D eigenvalue weighted by Gasteiger charge is -2.17. The van der Waals surface area contributed by atoms with Crippen molar-refractivity contribution in [2.75, 3.05) is 18.0 Å². The van der Waals surface area contributed by atoms with Crippen LogP contribution in [0.15, 0.2) is 24.4 Å². The van der Waals surface area contributed by atoms with Gasteiger partial charge in [0.15, 0.2) is 0 Å². The number of carbonyl (C=O) groups excluding carboxylic acids is 3. The first kappa shape index (κ1) is 25.5. The molecule has 0 spiro atoms. The van der Waals surface area contributed by atoms with Crippen molar-refractivity contribution in [2.24, 2.45) is 0 Å². The van der Waals surface area contributed by atoms with Gasteiger partial charge in [0.1, 0.15) is 18.9 Å². The molecular weight excluding hydrogens is 498 g/mol. The molecule has 4 rings (SSSR count). The summed E-state index contributed by atoms with van der Waals surface area (Å²) < 4.78 is 81.2. The number of nitrogens with one attached hydrogen (secondary N) is 1. The molecule has 1 aromatic carbocycles. The van der Waals surface area contributed by atoms with E-state index in [2.05, 4.69) is 10.4 Å². The molecule has 0 radical (unpaired) electrons. The number of anilines is 1. The minimum Gasteiger partial charge on any atom is -0.442 e. The molecule has 0 bridgehead atoms. The molecule has 194 valence electrons. The molecule has 1 saturated heterocycles. The van der Waals surface area contributed by atoms with Gasteiger partial charge in [-0.3, -0.25) is 14.5 Å². The van der Waals surface area contributed by atoms with Crippen LogP contribution < -0.4 is 10.2 Å². The smallest absolute Gasteiger partial charge is 0.414 e. The highest BCUT2D eigenvalue weighted by atomic mass is 19.4. The zero-order valence-corrected chi connectivity index (χ0v) is 18.6. The van der Waals surface area contributed by atoms with Crippen LogP contribution in [0.5, 0.6) is 0 Å². The van der Waals surface area contributed by atoms with E-state index in [1.807, 2.05) is 0 Å². The van der Waals surface area contributed by atoms with Crippen molar-refractivity contribution < 1.29 is 45.5 Å². The van der Waals surface area contributed by atoms with E-state index in [4.69, 9.17) is 4.74 Å². The van der Waals surface area contributed by atoms with Crippen LogP contribution >= 0.6 is 0 Å². The fourth-order valence-electron chi connectivity index (χ4n) is 4.25. The van der Waals surface area contributed by atoms with Crippen LogP contribution in [0.4, 0.5) is 36.8 Å². The highest BCUT2D eigenvalue weighted by molar-refractivity contribution is 5.91. The van der Waals surface area contributed by atoms with Crippen molar-refractivity contribution in [3.05, 3.63) is 35.5 Å². The number of carbonyl (C=O) groups is 3. The Kier molecular flexibility index (Phi) is 6.71. The van der Waals surface area contributed by atoms with Gasteiger partial charge in [0.05, 0.1) is 25.0 Å². The molecule has 1 aliphatic heterocycles. The molecule has 1 fully saturated rings. The molecule has 1 aromatic heterocycles. The summed E-state index contributed by atoms with van der Waals surface area (Å²) in [5.74, 6) is -2.45. The maximum atomic E-state index is 12.8. The number of rotatable bonds is 5. The predicted molar refractivity (Wildman–Crippen MR) is 112 cm³/mol. The van der Waals surface area contributed by atoms with Gasteiger partial charge >= 0.3 is 18.4 Å². The van der Waals surface area contributed by atoms with Crippen LogP contribution in [0.3, 0.4) is 0 Å². The molecule has 1 aliphatic carbocycles. The number of halogens is 6. The third kappa shape index (κ3) is 5.79. The number of hydrogen-bond acceptors (Lipinski definition) is 5. The molecule has 1 atom stereocenters. The van der Waals surface area contributed by atoms with E-state index in [-0.39, 0.29) is 18.8 Å². The molecule has 0 saturated carbocycles. The van der Waals surface area contributed by atoms with E-state index in [9.17, 15) is 40.7 Å². The number of nitrogens with zero attached hydrogens (tertiary/aromatic N) is 3. The zero-order valence-electron chi connectivity index (χ0n) is 18.6. The summed E-state index contributed by atoms with van der Waals surface area (Å²) in [6, 6.07) is 4.77. The Bertz CT molecular complexity index is 1190. The van der Waals surface area contributed by atoms with Crippen LogP contribution in [0.1, 0.15) is 35.2 Å². The third-order valence-corrected chi connectivity index (χ3v) is 5.74. The molecule has 36 heavy (non-hydrogen) atoms. The highest BCUT2D eigenvalue weighted by Gasteiger charge is 2.36. The number of hydrogen-bond donors (Lipinski definition) is 1. The molecule has 8 nitrogen and oxygen atoms in total. The Labute approximate surface area is 200 Å². The second-order valence-corrected chi connectivity index (χ2v) is 8.52. The molecule has 14 heteroatoms. The van der Waals surface area contributed by atoms with E-state index in [0.717, 1.165) is 4.68 Å². The van der Waals surface area contributed by atoms with Crippen LogP contribution in [0.2, 0.25) is 0 Å². The quantitative estimate of drug-likeness (QED) is 0.604. The van der Waals surface area contributed by atoms with Crippen molar-refractivity contribution in [1.29, 1.82) is 0 Å². The number of alkyl halides is 6. The van der Waals surface area contributed by atoms with Gasteiger partial charge in [-0.2, -0.15) is 36.1 Å². The second-order valence-electron chi connectivity index (χ2n) is 8.52. The molecule has 2 aromatic rings. The van der Waals surface area contributed by atoms with Gasteiger partial charge in [-0.05, 0) is 42.5 Å². The number of amides is 2. The fourth-order valence-corrected chi connectivity index (χ4v) is 4.25. The minimum atomic E-state index is -4.69. The Hall–Kier alpha value is -3.58. The first-order chi connectivity index (χ1) is 16.8. The molecule has 1 N–H and O–H groups in total. The predicted octanol–water partition coefficient (Wildman–Crippen LogP) is 4.03. The van der Waals surface area contributed by atoms with Crippen LogP contribution in [-0.2, 0) is 22.4 Å². The van der Waals surface area contributed by atoms with E-state index in [1.165, 1.54) is 17.2 Å².